The molecule has 0 aromatic heterocycles. The van der Waals surface area contributed by atoms with Gasteiger partial charge >= 0.3 is 0 Å². The van der Waals surface area contributed by atoms with Crippen LogP contribution in [0.3, 0.4) is 0 Å². The van der Waals surface area contributed by atoms with Crippen LogP contribution in [-0.2, 0) is 10.0 Å². The molecule has 170 valence electrons. The van der Waals surface area contributed by atoms with E-state index in [1.54, 1.807) is 13.8 Å². The van der Waals surface area contributed by atoms with Crippen molar-refractivity contribution in [2.45, 2.75) is 92.8 Å². The lowest BCUT2D eigenvalue weighted by Gasteiger charge is -2.27. The van der Waals surface area contributed by atoms with Crippen LogP contribution >= 0.6 is 0 Å². The Kier molecular flexibility index (Phi) is 15.4. The summed E-state index contributed by atoms with van der Waals surface area (Å²) in [5.41, 5.74) is 0.195. The van der Waals surface area contributed by atoms with Crippen molar-refractivity contribution in [3.8, 4) is 24.7 Å². The Morgan fingerprint density at radius 3 is 1.66 bits per heavy atom. The molecule has 0 aromatic rings. The van der Waals surface area contributed by atoms with Gasteiger partial charge in [0, 0.05) is 10.8 Å². The third kappa shape index (κ3) is 29.0. The first-order valence-electron chi connectivity index (χ1n) is 9.64. The molecule has 5 nitrogen and oxygen atoms in total. The number of hydrogen-bond donors (Lipinski definition) is 3. The number of aliphatic hydroxyl groups excluding tert-OH is 1. The van der Waals surface area contributed by atoms with Crippen molar-refractivity contribution in [1.82, 2.24) is 0 Å². The lowest BCUT2D eigenvalue weighted by atomic mass is 9.85. The van der Waals surface area contributed by atoms with Crippen molar-refractivity contribution in [3.05, 3.63) is 11.6 Å². The first-order chi connectivity index (χ1) is 12.7. The van der Waals surface area contributed by atoms with Gasteiger partial charge in [0.05, 0.1) is 18.0 Å². The molecule has 1 atom stereocenters. The van der Waals surface area contributed by atoms with Crippen molar-refractivity contribution in [2.75, 3.05) is 6.26 Å². The lowest BCUT2D eigenvalue weighted by Crippen LogP contribution is -2.36. The van der Waals surface area contributed by atoms with E-state index in [0.717, 1.165) is 19.1 Å². The van der Waals surface area contributed by atoms with Gasteiger partial charge in [0.2, 0.25) is 10.0 Å². The monoisotopic (exact) mass is 429 g/mol. The fraction of sp³-hybridized carbons (Fsp3) is 0.739. The first-order valence-corrected chi connectivity index (χ1v) is 11.6. The number of rotatable bonds is 7. The van der Waals surface area contributed by atoms with Crippen LogP contribution in [0.1, 0.15) is 81.1 Å². The average molecular weight is 430 g/mol. The third-order valence-corrected chi connectivity index (χ3v) is 3.96. The van der Waals surface area contributed by atoms with E-state index < -0.39 is 21.7 Å². The summed E-state index contributed by atoms with van der Waals surface area (Å²) in [6, 6.07) is 0. The van der Waals surface area contributed by atoms with Gasteiger partial charge in [-0.3, -0.25) is 0 Å². The molecular formula is C23H43NO4S. The Morgan fingerprint density at radius 2 is 1.38 bits per heavy atom. The standard InChI is InChI=1S/C11H20O2.C11H18.CH5NO2S/c1-6-10(2,3)8-7-9(12)11(4,5)13;1-6-11(4,5)9-7-8-10(2)3;1-5(2,3)4/h1,9,12-13H,7-8H2,2-5H3;1,8H,7,9H2,2-5H3;1H3,(H2,2,3,4). The number of primary sulfonamides is 1. The first kappa shape index (κ1) is 32.4. The highest BCUT2D eigenvalue weighted by molar-refractivity contribution is 7.88. The summed E-state index contributed by atoms with van der Waals surface area (Å²) in [6.45, 7) is 15.5. The Labute approximate surface area is 180 Å². The molecule has 0 aliphatic rings. The van der Waals surface area contributed by atoms with Crippen LogP contribution in [0.2, 0.25) is 0 Å². The Hall–Kier alpha value is -1.31. The molecule has 0 spiro atoms. The highest BCUT2D eigenvalue weighted by Gasteiger charge is 2.26. The smallest absolute Gasteiger partial charge is 0.206 e. The van der Waals surface area contributed by atoms with Gasteiger partial charge in [-0.1, -0.05) is 11.6 Å². The number of sulfonamides is 1. The molecule has 0 saturated carbocycles. The van der Waals surface area contributed by atoms with E-state index in [-0.39, 0.29) is 10.8 Å². The van der Waals surface area contributed by atoms with Gasteiger partial charge in [-0.05, 0) is 81.1 Å². The minimum atomic E-state index is -3.17. The van der Waals surface area contributed by atoms with Crippen molar-refractivity contribution in [1.29, 1.82) is 0 Å². The van der Waals surface area contributed by atoms with Gasteiger partial charge in [-0.15, -0.1) is 24.7 Å². The second-order valence-electron chi connectivity index (χ2n) is 9.41. The molecule has 6 heteroatoms. The third-order valence-electron chi connectivity index (χ3n) is 3.96. The largest absolute Gasteiger partial charge is 0.390 e. The fourth-order valence-electron chi connectivity index (χ4n) is 1.72. The Bertz CT molecular complexity index is 657. The van der Waals surface area contributed by atoms with Gasteiger partial charge in [0.1, 0.15) is 0 Å². The van der Waals surface area contributed by atoms with E-state index in [1.165, 1.54) is 5.57 Å². The van der Waals surface area contributed by atoms with Crippen LogP contribution in [0.15, 0.2) is 11.6 Å². The zero-order chi connectivity index (χ0) is 24.1. The van der Waals surface area contributed by atoms with E-state index in [1.807, 2.05) is 13.8 Å². The molecule has 0 aliphatic heterocycles. The second-order valence-corrected chi connectivity index (χ2v) is 11.1. The summed E-state index contributed by atoms with van der Waals surface area (Å²) >= 11 is 0. The SMILES string of the molecule is C#CC(C)(C)CCC(O)C(C)(C)O.C#CC(C)(C)CCC=C(C)C.CS(N)(=O)=O. The molecule has 0 amide bonds. The van der Waals surface area contributed by atoms with Gasteiger partial charge in [0.25, 0.3) is 0 Å². The normalized spacial score (nSPS) is 12.8. The molecular weight excluding hydrogens is 386 g/mol. The van der Waals surface area contributed by atoms with Gasteiger partial charge in [-0.25, -0.2) is 13.6 Å². The maximum Gasteiger partial charge on any atom is 0.206 e. The molecule has 0 saturated heterocycles. The van der Waals surface area contributed by atoms with E-state index in [9.17, 15) is 18.6 Å². The molecule has 29 heavy (non-hydrogen) atoms. The predicted octanol–water partition coefficient (Wildman–Crippen LogP) is 3.85. The zero-order valence-corrected chi connectivity index (χ0v) is 20.7. The maximum absolute atomic E-state index is 9.53. The van der Waals surface area contributed by atoms with Crippen LogP contribution in [0.5, 0.6) is 0 Å². The average Bonchev–Trinajstić information content (AvgIpc) is 2.50. The van der Waals surface area contributed by atoms with Crippen molar-refractivity contribution >= 4 is 10.0 Å². The maximum atomic E-state index is 9.53. The summed E-state index contributed by atoms with van der Waals surface area (Å²) in [5.74, 6) is 5.44. The zero-order valence-electron chi connectivity index (χ0n) is 19.8. The molecule has 4 N–H and O–H groups in total. The van der Waals surface area contributed by atoms with Crippen molar-refractivity contribution < 1.29 is 18.6 Å². The molecule has 0 radical (unpaired) electrons. The summed E-state index contributed by atoms with van der Waals surface area (Å²) in [4.78, 5) is 0. The van der Waals surface area contributed by atoms with Crippen LogP contribution in [0.4, 0.5) is 0 Å². The quantitative estimate of drug-likeness (QED) is 0.422. The molecule has 0 bridgehead atoms. The molecule has 0 fully saturated rings. The molecule has 0 aromatic carbocycles. The lowest BCUT2D eigenvalue weighted by molar-refractivity contribution is -0.0542. The fourth-order valence-corrected chi connectivity index (χ4v) is 1.72. The number of hydrogen-bond acceptors (Lipinski definition) is 4. The van der Waals surface area contributed by atoms with Crippen LogP contribution < -0.4 is 5.14 Å². The Morgan fingerprint density at radius 1 is 1.03 bits per heavy atom. The van der Waals surface area contributed by atoms with E-state index in [0.29, 0.717) is 12.8 Å². The van der Waals surface area contributed by atoms with Crippen molar-refractivity contribution in [2.24, 2.45) is 16.0 Å². The number of terminal acetylenes is 2. The predicted molar refractivity (Wildman–Crippen MR) is 124 cm³/mol. The molecule has 0 heterocycles. The minimum Gasteiger partial charge on any atom is -0.390 e. The van der Waals surface area contributed by atoms with Gasteiger partial charge in [-0.2, -0.15) is 0 Å². The van der Waals surface area contributed by atoms with E-state index in [4.69, 9.17) is 12.8 Å². The summed E-state index contributed by atoms with van der Waals surface area (Å²) in [6.07, 6.45) is 16.5. The van der Waals surface area contributed by atoms with Crippen LogP contribution in [-0.4, -0.2) is 36.6 Å². The second kappa shape index (κ2) is 13.8. The summed E-state index contributed by atoms with van der Waals surface area (Å²) in [7, 11) is -3.17. The highest BCUT2D eigenvalue weighted by Crippen LogP contribution is 2.24. The van der Waals surface area contributed by atoms with Gasteiger partial charge < -0.3 is 10.2 Å². The topological polar surface area (TPSA) is 101 Å². The number of nitrogens with two attached hydrogens (primary N) is 1. The number of allylic oxidation sites excluding steroid dienone is 2. The van der Waals surface area contributed by atoms with Crippen LogP contribution in [0.25, 0.3) is 0 Å². The van der Waals surface area contributed by atoms with E-state index in [2.05, 4.69) is 50.8 Å². The molecule has 1 unspecified atom stereocenters. The summed E-state index contributed by atoms with van der Waals surface area (Å²) < 4.78 is 18.8. The summed E-state index contributed by atoms with van der Waals surface area (Å²) in [5, 5.41) is 23.3. The molecule has 0 rings (SSSR count). The Balaban J connectivity index is -0.000000383. The van der Waals surface area contributed by atoms with Crippen molar-refractivity contribution in [3.63, 3.8) is 0 Å². The van der Waals surface area contributed by atoms with Crippen LogP contribution in [0, 0.1) is 35.5 Å². The highest BCUT2D eigenvalue weighted by atomic mass is 32.2. The minimum absolute atomic E-state index is 0.0615. The van der Waals surface area contributed by atoms with Gasteiger partial charge in [0.15, 0.2) is 0 Å². The number of aliphatic hydroxyl groups is 2. The van der Waals surface area contributed by atoms with E-state index >= 15 is 0 Å². The molecule has 0 aliphatic carbocycles.